The molecule has 5 rings (SSSR count). The lowest BCUT2D eigenvalue weighted by Gasteiger charge is -2.44. The van der Waals surface area contributed by atoms with Crippen LogP contribution in [0.1, 0.15) is 45.4 Å². The summed E-state index contributed by atoms with van der Waals surface area (Å²) in [6.45, 7) is 3.17. The molecule has 2 aliphatic carbocycles. The maximum absolute atomic E-state index is 12.7. The molecule has 1 aliphatic heterocycles. The van der Waals surface area contributed by atoms with Gasteiger partial charge in [-0.1, -0.05) is 6.92 Å². The summed E-state index contributed by atoms with van der Waals surface area (Å²) in [6.07, 6.45) is 2.71. The zero-order chi connectivity index (χ0) is 25.5. The van der Waals surface area contributed by atoms with Gasteiger partial charge in [0.25, 0.3) is 0 Å². The number of nitrogens with one attached hydrogen (secondary N) is 2. The van der Waals surface area contributed by atoms with E-state index in [0.29, 0.717) is 49.8 Å². The van der Waals surface area contributed by atoms with Crippen LogP contribution in [0.2, 0.25) is 0 Å². The largest absolute Gasteiger partial charge is 0.494 e. The maximum Gasteiger partial charge on any atom is 0.401 e. The minimum atomic E-state index is -4.12. The number of rotatable bonds is 9. The van der Waals surface area contributed by atoms with E-state index in [2.05, 4.69) is 17.2 Å². The highest BCUT2D eigenvalue weighted by Crippen LogP contribution is 2.48. The van der Waals surface area contributed by atoms with Gasteiger partial charge in [-0.15, -0.1) is 0 Å². The number of nitrogens with zero attached hydrogens (tertiary/aromatic N) is 1. The number of anilines is 1. The smallest absolute Gasteiger partial charge is 0.401 e. The number of ether oxygens (including phenoxy) is 1. The number of aromatic nitrogens is 1. The van der Waals surface area contributed by atoms with Gasteiger partial charge in [0.1, 0.15) is 5.75 Å². The van der Waals surface area contributed by atoms with Crippen LogP contribution in [0.4, 0.5) is 18.9 Å². The lowest BCUT2D eigenvalue weighted by molar-refractivity contribution is -0.144. The number of carbonyl (C=O) groups excluding carboxylic acids is 1. The molecule has 36 heavy (non-hydrogen) atoms. The SMILES string of the molecule is CC1(CC(=O)Nc2c[nH]c3ccc(OCCC4C[C@@H]5CN(CC(F)(F)F)C[C@@H]5C4)cc23)CC(CO)C1. The quantitative estimate of drug-likeness (QED) is 0.436. The highest BCUT2D eigenvalue weighted by molar-refractivity contribution is 6.02. The molecule has 2 aromatic rings. The third-order valence-electron chi connectivity index (χ3n) is 8.46. The molecule has 1 unspecified atom stereocenters. The van der Waals surface area contributed by atoms with Gasteiger partial charge in [-0.25, -0.2) is 0 Å². The van der Waals surface area contributed by atoms with Crippen molar-refractivity contribution in [2.24, 2.45) is 29.1 Å². The number of fused-ring (bicyclic) bond motifs is 2. The molecule has 3 aliphatic rings. The van der Waals surface area contributed by atoms with Gasteiger partial charge in [0, 0.05) is 43.2 Å². The molecule has 9 heteroatoms. The highest BCUT2D eigenvalue weighted by atomic mass is 19.4. The Balaban J connectivity index is 1.09. The van der Waals surface area contributed by atoms with E-state index in [9.17, 15) is 23.1 Å². The van der Waals surface area contributed by atoms with Crippen molar-refractivity contribution in [3.63, 3.8) is 0 Å². The number of halogens is 3. The summed E-state index contributed by atoms with van der Waals surface area (Å²) in [4.78, 5) is 17.4. The average Bonchev–Trinajstić information content (AvgIpc) is 3.44. The summed E-state index contributed by atoms with van der Waals surface area (Å²) >= 11 is 0. The second kappa shape index (κ2) is 9.89. The molecule has 3 atom stereocenters. The third-order valence-corrected chi connectivity index (χ3v) is 8.46. The van der Waals surface area contributed by atoms with E-state index in [1.54, 1.807) is 11.1 Å². The molecule has 0 radical (unpaired) electrons. The van der Waals surface area contributed by atoms with Crippen LogP contribution in [-0.4, -0.2) is 59.9 Å². The van der Waals surface area contributed by atoms with Crippen LogP contribution in [0.5, 0.6) is 5.75 Å². The molecule has 1 saturated heterocycles. The Hall–Kier alpha value is -2.26. The Labute approximate surface area is 209 Å². The fraction of sp³-hybridized carbons (Fsp3) is 0.667. The first-order valence-corrected chi connectivity index (χ1v) is 13.0. The number of aliphatic hydroxyl groups excluding tert-OH is 1. The Morgan fingerprint density at radius 1 is 1.22 bits per heavy atom. The maximum atomic E-state index is 12.7. The van der Waals surface area contributed by atoms with Crippen molar-refractivity contribution in [1.29, 1.82) is 0 Å². The van der Waals surface area contributed by atoms with E-state index in [1.807, 2.05) is 18.2 Å². The van der Waals surface area contributed by atoms with Crippen LogP contribution < -0.4 is 10.1 Å². The first kappa shape index (κ1) is 25.4. The Morgan fingerprint density at radius 3 is 2.61 bits per heavy atom. The van der Waals surface area contributed by atoms with Gasteiger partial charge < -0.3 is 20.1 Å². The van der Waals surface area contributed by atoms with Gasteiger partial charge in [-0.05, 0) is 79.4 Å². The fourth-order valence-electron chi connectivity index (χ4n) is 6.97. The zero-order valence-corrected chi connectivity index (χ0v) is 20.7. The van der Waals surface area contributed by atoms with Crippen LogP contribution in [0.3, 0.4) is 0 Å². The van der Waals surface area contributed by atoms with Gasteiger partial charge in [-0.3, -0.25) is 9.69 Å². The predicted molar refractivity (Wildman–Crippen MR) is 132 cm³/mol. The average molecular weight is 508 g/mol. The van der Waals surface area contributed by atoms with Gasteiger partial charge in [0.2, 0.25) is 5.91 Å². The van der Waals surface area contributed by atoms with Crippen molar-refractivity contribution >= 4 is 22.5 Å². The van der Waals surface area contributed by atoms with Gasteiger partial charge in [-0.2, -0.15) is 13.2 Å². The summed E-state index contributed by atoms with van der Waals surface area (Å²) < 4.78 is 44.0. The summed E-state index contributed by atoms with van der Waals surface area (Å²) in [5.74, 6) is 2.26. The van der Waals surface area contributed by atoms with Crippen LogP contribution >= 0.6 is 0 Å². The predicted octanol–water partition coefficient (Wildman–Crippen LogP) is 5.19. The minimum Gasteiger partial charge on any atom is -0.494 e. The molecule has 3 N–H and O–H groups in total. The molecule has 0 spiro atoms. The molecule has 0 bridgehead atoms. The molecule has 2 heterocycles. The Bertz CT molecular complexity index is 1070. The van der Waals surface area contributed by atoms with E-state index in [4.69, 9.17) is 4.74 Å². The van der Waals surface area contributed by atoms with E-state index in [0.717, 1.165) is 54.4 Å². The Morgan fingerprint density at radius 2 is 1.94 bits per heavy atom. The Kier molecular flexibility index (Phi) is 6.98. The van der Waals surface area contributed by atoms with Gasteiger partial charge >= 0.3 is 6.18 Å². The number of H-pyrrole nitrogens is 1. The van der Waals surface area contributed by atoms with Crippen molar-refractivity contribution in [2.75, 3.05) is 38.2 Å². The number of carbonyl (C=O) groups is 1. The number of aliphatic hydroxyl groups is 1. The minimum absolute atomic E-state index is 0.0262. The molecular weight excluding hydrogens is 471 g/mol. The molecular formula is C27H36F3N3O3. The van der Waals surface area contributed by atoms with Crippen molar-refractivity contribution < 1.29 is 27.8 Å². The number of hydrogen-bond acceptors (Lipinski definition) is 4. The van der Waals surface area contributed by atoms with Crippen LogP contribution in [-0.2, 0) is 4.79 Å². The molecule has 1 aromatic heterocycles. The molecule has 1 aromatic carbocycles. The molecule has 6 nitrogen and oxygen atoms in total. The summed E-state index contributed by atoms with van der Waals surface area (Å²) in [7, 11) is 0. The fourth-order valence-corrected chi connectivity index (χ4v) is 6.97. The van der Waals surface area contributed by atoms with Crippen molar-refractivity contribution in [1.82, 2.24) is 9.88 Å². The first-order chi connectivity index (χ1) is 17.1. The summed E-state index contributed by atoms with van der Waals surface area (Å²) in [6, 6.07) is 5.79. The monoisotopic (exact) mass is 507 g/mol. The van der Waals surface area contributed by atoms with Crippen LogP contribution in [0.15, 0.2) is 24.4 Å². The van der Waals surface area contributed by atoms with Gasteiger partial charge in [0.05, 0.1) is 18.8 Å². The normalized spacial score (nSPS) is 30.4. The molecule has 3 fully saturated rings. The van der Waals surface area contributed by atoms with Crippen molar-refractivity contribution in [3.05, 3.63) is 24.4 Å². The molecule has 198 valence electrons. The van der Waals surface area contributed by atoms with Gasteiger partial charge in [0.15, 0.2) is 0 Å². The third kappa shape index (κ3) is 5.83. The number of likely N-dealkylation sites (tertiary alicyclic amines) is 1. The number of benzene rings is 1. The first-order valence-electron chi connectivity index (χ1n) is 13.0. The lowest BCUT2D eigenvalue weighted by Crippen LogP contribution is -2.39. The number of hydrogen-bond donors (Lipinski definition) is 3. The van der Waals surface area contributed by atoms with E-state index in [-0.39, 0.29) is 17.9 Å². The molecule has 2 saturated carbocycles. The molecule has 1 amide bonds. The van der Waals surface area contributed by atoms with Crippen LogP contribution in [0.25, 0.3) is 10.9 Å². The second-order valence-electron chi connectivity index (χ2n) is 11.7. The highest BCUT2D eigenvalue weighted by Gasteiger charge is 2.44. The standard InChI is InChI=1S/C27H36F3N3O3/c1-26(9-18(10-26)15-34)11-25(35)32-24-12-31-23-3-2-21(8-22(23)24)36-5-4-17-6-19-13-33(14-20(19)7-17)16-27(28,29)30/h2-3,8,12,17-20,31,34H,4-7,9-11,13-16H2,1H3,(H,32,35)/t17?,18?,19-,20+,26?. The summed E-state index contributed by atoms with van der Waals surface area (Å²) in [5, 5.41) is 13.2. The van der Waals surface area contributed by atoms with Crippen molar-refractivity contribution in [2.45, 2.75) is 51.6 Å². The van der Waals surface area contributed by atoms with E-state index < -0.39 is 12.7 Å². The zero-order valence-electron chi connectivity index (χ0n) is 20.7. The summed E-state index contributed by atoms with van der Waals surface area (Å²) in [5.41, 5.74) is 1.60. The van der Waals surface area contributed by atoms with Crippen molar-refractivity contribution in [3.8, 4) is 5.75 Å². The number of alkyl halides is 3. The van der Waals surface area contributed by atoms with E-state index in [1.165, 1.54) is 0 Å². The van der Waals surface area contributed by atoms with E-state index >= 15 is 0 Å². The number of amides is 1. The second-order valence-corrected chi connectivity index (χ2v) is 11.7. The van der Waals surface area contributed by atoms with Crippen LogP contribution in [0, 0.1) is 29.1 Å². The lowest BCUT2D eigenvalue weighted by atomic mass is 9.62. The topological polar surface area (TPSA) is 77.6 Å². The number of aromatic amines is 1.